The van der Waals surface area contributed by atoms with Crippen LogP contribution in [0.3, 0.4) is 0 Å². The summed E-state index contributed by atoms with van der Waals surface area (Å²) in [7, 11) is 1.71. The Kier molecular flexibility index (Phi) is 4.10. The van der Waals surface area contributed by atoms with E-state index in [1.807, 2.05) is 10.9 Å². The first-order valence-electron chi connectivity index (χ1n) is 6.22. The SMILES string of the molecule is CCC(COC)n1cc(-c2ccc(C)cc2)nn1. The Bertz CT molecular complexity index is 490. The first-order valence-corrected chi connectivity index (χ1v) is 6.22. The lowest BCUT2D eigenvalue weighted by Crippen LogP contribution is -2.14. The second-order valence-corrected chi connectivity index (χ2v) is 4.47. The molecule has 1 aromatic heterocycles. The largest absolute Gasteiger partial charge is 0.382 e. The van der Waals surface area contributed by atoms with Gasteiger partial charge in [-0.3, -0.25) is 0 Å². The lowest BCUT2D eigenvalue weighted by Gasteiger charge is -2.12. The number of hydrogen-bond donors (Lipinski definition) is 0. The van der Waals surface area contributed by atoms with Gasteiger partial charge in [-0.2, -0.15) is 0 Å². The van der Waals surface area contributed by atoms with E-state index in [4.69, 9.17) is 4.74 Å². The van der Waals surface area contributed by atoms with Crippen LogP contribution in [0.1, 0.15) is 24.9 Å². The molecule has 0 aliphatic rings. The van der Waals surface area contributed by atoms with Gasteiger partial charge in [-0.15, -0.1) is 5.10 Å². The van der Waals surface area contributed by atoms with Crippen LogP contribution in [0.15, 0.2) is 30.5 Å². The number of aryl methyl sites for hydroxylation is 1. The number of hydrogen-bond acceptors (Lipinski definition) is 3. The average Bonchev–Trinajstić information content (AvgIpc) is 2.86. The van der Waals surface area contributed by atoms with Crippen LogP contribution in [0.25, 0.3) is 11.3 Å². The standard InChI is InChI=1S/C14H19N3O/c1-4-13(10-18-3)17-9-14(15-16-17)12-7-5-11(2)6-8-12/h5-9,13H,4,10H2,1-3H3. The van der Waals surface area contributed by atoms with Crippen LogP contribution in [0.4, 0.5) is 0 Å². The summed E-state index contributed by atoms with van der Waals surface area (Å²) in [5.41, 5.74) is 3.25. The lowest BCUT2D eigenvalue weighted by atomic mass is 10.1. The van der Waals surface area contributed by atoms with Crippen molar-refractivity contribution in [2.45, 2.75) is 26.3 Å². The van der Waals surface area contributed by atoms with E-state index < -0.39 is 0 Å². The molecule has 0 aliphatic carbocycles. The molecular formula is C14H19N3O. The number of rotatable bonds is 5. The zero-order chi connectivity index (χ0) is 13.0. The van der Waals surface area contributed by atoms with E-state index in [9.17, 15) is 0 Å². The second-order valence-electron chi connectivity index (χ2n) is 4.47. The molecule has 0 bridgehead atoms. The third-order valence-electron chi connectivity index (χ3n) is 3.06. The fourth-order valence-electron chi connectivity index (χ4n) is 1.89. The van der Waals surface area contributed by atoms with E-state index in [0.29, 0.717) is 6.61 Å². The van der Waals surface area contributed by atoms with Crippen LogP contribution in [0.5, 0.6) is 0 Å². The van der Waals surface area contributed by atoms with Gasteiger partial charge in [0.1, 0.15) is 5.69 Å². The predicted molar refractivity (Wildman–Crippen MR) is 71.4 cm³/mol. The molecular weight excluding hydrogens is 226 g/mol. The zero-order valence-corrected chi connectivity index (χ0v) is 11.1. The minimum atomic E-state index is 0.252. The first kappa shape index (κ1) is 12.8. The van der Waals surface area contributed by atoms with E-state index in [1.54, 1.807) is 7.11 Å². The summed E-state index contributed by atoms with van der Waals surface area (Å²) < 4.78 is 7.08. The second kappa shape index (κ2) is 5.78. The molecule has 1 unspecified atom stereocenters. The number of methoxy groups -OCH3 is 1. The number of ether oxygens (including phenoxy) is 1. The molecule has 18 heavy (non-hydrogen) atoms. The van der Waals surface area contributed by atoms with Gasteiger partial charge in [0.25, 0.3) is 0 Å². The maximum atomic E-state index is 5.19. The third kappa shape index (κ3) is 2.76. The van der Waals surface area contributed by atoms with Crippen molar-refractivity contribution in [3.8, 4) is 11.3 Å². The van der Waals surface area contributed by atoms with E-state index in [-0.39, 0.29) is 6.04 Å². The highest BCUT2D eigenvalue weighted by Gasteiger charge is 2.11. The molecule has 2 rings (SSSR count). The fourth-order valence-corrected chi connectivity index (χ4v) is 1.89. The normalized spacial score (nSPS) is 12.6. The van der Waals surface area contributed by atoms with Gasteiger partial charge in [0.15, 0.2) is 0 Å². The summed E-state index contributed by atoms with van der Waals surface area (Å²) in [5.74, 6) is 0. The van der Waals surface area contributed by atoms with Gasteiger partial charge in [0.2, 0.25) is 0 Å². The van der Waals surface area contributed by atoms with Gasteiger partial charge in [-0.05, 0) is 13.3 Å². The van der Waals surface area contributed by atoms with Gasteiger partial charge < -0.3 is 4.74 Å². The Labute approximate surface area is 108 Å². The van der Waals surface area contributed by atoms with Gasteiger partial charge >= 0.3 is 0 Å². The summed E-state index contributed by atoms with van der Waals surface area (Å²) in [5, 5.41) is 8.42. The lowest BCUT2D eigenvalue weighted by molar-refractivity contribution is 0.146. The number of benzene rings is 1. The number of aromatic nitrogens is 3. The van der Waals surface area contributed by atoms with E-state index in [0.717, 1.165) is 17.7 Å². The Balaban J connectivity index is 2.21. The van der Waals surface area contributed by atoms with Crippen molar-refractivity contribution in [1.29, 1.82) is 0 Å². The Morgan fingerprint density at radius 2 is 2.00 bits per heavy atom. The molecule has 0 saturated heterocycles. The van der Waals surface area contributed by atoms with E-state index in [1.165, 1.54) is 5.56 Å². The van der Waals surface area contributed by atoms with Gasteiger partial charge in [-0.25, -0.2) is 4.68 Å². The molecule has 1 aromatic carbocycles. The highest BCUT2D eigenvalue weighted by molar-refractivity contribution is 5.57. The molecule has 0 amide bonds. The van der Waals surface area contributed by atoms with Crippen LogP contribution in [-0.2, 0) is 4.74 Å². The smallest absolute Gasteiger partial charge is 0.113 e. The summed E-state index contributed by atoms with van der Waals surface area (Å²) in [4.78, 5) is 0. The Morgan fingerprint density at radius 1 is 1.28 bits per heavy atom. The predicted octanol–water partition coefficient (Wildman–Crippen LogP) is 2.85. The summed E-state index contributed by atoms with van der Waals surface area (Å²) in [6.07, 6.45) is 2.96. The van der Waals surface area contributed by atoms with Crippen molar-refractivity contribution in [2.24, 2.45) is 0 Å². The maximum Gasteiger partial charge on any atom is 0.113 e. The average molecular weight is 245 g/mol. The van der Waals surface area contributed by atoms with Crippen LogP contribution in [-0.4, -0.2) is 28.7 Å². The molecule has 1 heterocycles. The van der Waals surface area contributed by atoms with Crippen molar-refractivity contribution < 1.29 is 4.74 Å². The molecule has 0 N–H and O–H groups in total. The summed E-state index contributed by atoms with van der Waals surface area (Å²) in [6, 6.07) is 8.56. The molecule has 0 saturated carbocycles. The molecule has 0 spiro atoms. The monoisotopic (exact) mass is 245 g/mol. The van der Waals surface area contributed by atoms with Crippen molar-refractivity contribution in [1.82, 2.24) is 15.0 Å². The maximum absolute atomic E-state index is 5.19. The number of nitrogens with zero attached hydrogens (tertiary/aromatic N) is 3. The topological polar surface area (TPSA) is 39.9 Å². The highest BCUT2D eigenvalue weighted by atomic mass is 16.5. The molecule has 4 nitrogen and oxygen atoms in total. The third-order valence-corrected chi connectivity index (χ3v) is 3.06. The Morgan fingerprint density at radius 3 is 2.61 bits per heavy atom. The van der Waals surface area contributed by atoms with E-state index >= 15 is 0 Å². The van der Waals surface area contributed by atoms with Gasteiger partial charge in [-0.1, -0.05) is 42.0 Å². The van der Waals surface area contributed by atoms with Crippen LogP contribution in [0, 0.1) is 6.92 Å². The van der Waals surface area contributed by atoms with Crippen molar-refractivity contribution in [3.63, 3.8) is 0 Å². The zero-order valence-electron chi connectivity index (χ0n) is 11.1. The summed E-state index contributed by atoms with van der Waals surface area (Å²) in [6.45, 7) is 4.86. The van der Waals surface area contributed by atoms with Crippen molar-refractivity contribution in [2.75, 3.05) is 13.7 Å². The molecule has 2 aromatic rings. The van der Waals surface area contributed by atoms with Crippen LogP contribution < -0.4 is 0 Å². The van der Waals surface area contributed by atoms with Crippen LogP contribution >= 0.6 is 0 Å². The highest BCUT2D eigenvalue weighted by Crippen LogP contribution is 2.19. The molecule has 4 heteroatoms. The van der Waals surface area contributed by atoms with Crippen molar-refractivity contribution in [3.05, 3.63) is 36.0 Å². The first-order chi connectivity index (χ1) is 8.74. The molecule has 96 valence electrons. The van der Waals surface area contributed by atoms with Gasteiger partial charge in [0.05, 0.1) is 18.8 Å². The Hall–Kier alpha value is -1.68. The molecule has 0 aliphatic heterocycles. The minimum Gasteiger partial charge on any atom is -0.382 e. The van der Waals surface area contributed by atoms with Gasteiger partial charge in [0, 0.05) is 12.7 Å². The minimum absolute atomic E-state index is 0.252. The fraction of sp³-hybridized carbons (Fsp3) is 0.429. The summed E-state index contributed by atoms with van der Waals surface area (Å²) >= 11 is 0. The van der Waals surface area contributed by atoms with E-state index in [2.05, 4.69) is 48.4 Å². The molecule has 1 atom stereocenters. The molecule has 0 fully saturated rings. The molecule has 0 radical (unpaired) electrons. The van der Waals surface area contributed by atoms with Crippen molar-refractivity contribution >= 4 is 0 Å². The quantitative estimate of drug-likeness (QED) is 0.813. The van der Waals surface area contributed by atoms with Crippen LogP contribution in [0.2, 0.25) is 0 Å².